The van der Waals surface area contributed by atoms with Gasteiger partial charge in [0.05, 0.1) is 18.5 Å². The van der Waals surface area contributed by atoms with E-state index >= 15 is 0 Å². The third-order valence-corrected chi connectivity index (χ3v) is 3.11. The molecule has 0 aliphatic carbocycles. The fourth-order valence-electron chi connectivity index (χ4n) is 2.18. The van der Waals surface area contributed by atoms with E-state index in [0.29, 0.717) is 0 Å². The molecule has 0 aromatic heterocycles. The largest absolute Gasteiger partial charge is 0.493 e. The molecule has 2 rings (SSSR count). The summed E-state index contributed by atoms with van der Waals surface area (Å²) in [5.41, 5.74) is 7.35. The van der Waals surface area contributed by atoms with Gasteiger partial charge in [0.2, 0.25) is 0 Å². The van der Waals surface area contributed by atoms with Crippen LogP contribution in [-0.2, 0) is 0 Å². The Balaban J connectivity index is 2.07. The molecule has 0 unspecified atom stereocenters. The van der Waals surface area contributed by atoms with Crippen molar-refractivity contribution in [3.63, 3.8) is 0 Å². The van der Waals surface area contributed by atoms with Crippen molar-refractivity contribution in [3.8, 4) is 5.75 Å². The van der Waals surface area contributed by atoms with Gasteiger partial charge >= 0.3 is 0 Å². The Morgan fingerprint density at radius 3 is 2.38 bits per heavy atom. The summed E-state index contributed by atoms with van der Waals surface area (Å²) in [6.07, 6.45) is 2.85. The second-order valence-electron chi connectivity index (χ2n) is 5.07. The summed E-state index contributed by atoms with van der Waals surface area (Å²) in [7, 11) is 0. The van der Waals surface area contributed by atoms with E-state index in [9.17, 15) is 0 Å². The monoisotopic (exact) mass is 282 g/mol. The SMILES string of the molecule is CCCOc1c(C)cc(C=NNc2ccccc2)cc1C. The van der Waals surface area contributed by atoms with Crippen LogP contribution in [0.4, 0.5) is 5.69 Å². The van der Waals surface area contributed by atoms with Crippen LogP contribution >= 0.6 is 0 Å². The Morgan fingerprint density at radius 1 is 1.10 bits per heavy atom. The quantitative estimate of drug-likeness (QED) is 0.623. The summed E-state index contributed by atoms with van der Waals surface area (Å²) in [5.74, 6) is 0.991. The van der Waals surface area contributed by atoms with Crippen LogP contribution in [0.1, 0.15) is 30.0 Å². The van der Waals surface area contributed by atoms with Crippen molar-refractivity contribution in [2.24, 2.45) is 5.10 Å². The average molecular weight is 282 g/mol. The van der Waals surface area contributed by atoms with E-state index in [0.717, 1.165) is 41.2 Å². The van der Waals surface area contributed by atoms with Crippen molar-refractivity contribution < 1.29 is 4.74 Å². The van der Waals surface area contributed by atoms with Crippen LogP contribution in [-0.4, -0.2) is 12.8 Å². The molecule has 0 aliphatic heterocycles. The molecule has 21 heavy (non-hydrogen) atoms. The lowest BCUT2D eigenvalue weighted by Gasteiger charge is -2.12. The minimum atomic E-state index is 0.755. The van der Waals surface area contributed by atoms with Gasteiger partial charge in [0.15, 0.2) is 0 Å². The van der Waals surface area contributed by atoms with Crippen LogP contribution in [0.15, 0.2) is 47.6 Å². The summed E-state index contributed by atoms with van der Waals surface area (Å²) < 4.78 is 5.79. The highest BCUT2D eigenvalue weighted by atomic mass is 16.5. The van der Waals surface area contributed by atoms with E-state index in [1.165, 1.54) is 0 Å². The van der Waals surface area contributed by atoms with E-state index in [1.807, 2.05) is 36.5 Å². The Morgan fingerprint density at radius 2 is 1.76 bits per heavy atom. The van der Waals surface area contributed by atoms with Gasteiger partial charge < -0.3 is 4.74 Å². The molecule has 0 atom stereocenters. The summed E-state index contributed by atoms with van der Waals surface area (Å²) in [5, 5.41) is 4.27. The lowest BCUT2D eigenvalue weighted by Crippen LogP contribution is -2.00. The number of hydrazone groups is 1. The number of benzene rings is 2. The number of nitrogens with one attached hydrogen (secondary N) is 1. The van der Waals surface area contributed by atoms with Gasteiger partial charge in [-0.2, -0.15) is 5.10 Å². The summed E-state index contributed by atoms with van der Waals surface area (Å²) >= 11 is 0. The highest BCUT2D eigenvalue weighted by Crippen LogP contribution is 2.24. The molecule has 3 nitrogen and oxygen atoms in total. The topological polar surface area (TPSA) is 33.6 Å². The molecule has 0 bridgehead atoms. The lowest BCUT2D eigenvalue weighted by atomic mass is 10.1. The maximum absolute atomic E-state index is 5.79. The molecule has 2 aromatic rings. The molecule has 110 valence electrons. The standard InChI is InChI=1S/C18H22N2O/c1-4-10-21-18-14(2)11-16(12-15(18)3)13-19-20-17-8-6-5-7-9-17/h5-9,11-13,20H,4,10H2,1-3H3. The third-order valence-electron chi connectivity index (χ3n) is 3.11. The van der Waals surface area contributed by atoms with Gasteiger partial charge in [0.25, 0.3) is 0 Å². The van der Waals surface area contributed by atoms with Crippen LogP contribution in [0.3, 0.4) is 0 Å². The first-order valence-electron chi connectivity index (χ1n) is 7.29. The maximum atomic E-state index is 5.79. The first-order valence-corrected chi connectivity index (χ1v) is 7.29. The van der Waals surface area contributed by atoms with Crippen LogP contribution in [0.5, 0.6) is 5.75 Å². The average Bonchev–Trinajstić information content (AvgIpc) is 2.48. The fourth-order valence-corrected chi connectivity index (χ4v) is 2.18. The molecule has 1 N–H and O–H groups in total. The highest BCUT2D eigenvalue weighted by molar-refractivity contribution is 5.81. The second kappa shape index (κ2) is 7.48. The zero-order valence-electron chi connectivity index (χ0n) is 12.9. The van der Waals surface area contributed by atoms with Crippen molar-refractivity contribution >= 4 is 11.9 Å². The Labute approximate surface area is 126 Å². The van der Waals surface area contributed by atoms with Gasteiger partial charge in [-0.1, -0.05) is 25.1 Å². The van der Waals surface area contributed by atoms with E-state index in [-0.39, 0.29) is 0 Å². The molecule has 0 saturated carbocycles. The molecule has 0 spiro atoms. The van der Waals surface area contributed by atoms with E-state index in [1.54, 1.807) is 0 Å². The molecule has 0 saturated heterocycles. The lowest BCUT2D eigenvalue weighted by molar-refractivity contribution is 0.313. The van der Waals surface area contributed by atoms with Gasteiger partial charge in [-0.25, -0.2) is 0 Å². The van der Waals surface area contributed by atoms with Crippen molar-refractivity contribution in [1.29, 1.82) is 0 Å². The molecule has 0 heterocycles. The normalized spacial score (nSPS) is 10.8. The first kappa shape index (κ1) is 15.1. The number of ether oxygens (including phenoxy) is 1. The third kappa shape index (κ3) is 4.35. The van der Waals surface area contributed by atoms with Crippen LogP contribution in [0.25, 0.3) is 0 Å². The van der Waals surface area contributed by atoms with Gasteiger partial charge in [-0.05, 0) is 61.2 Å². The van der Waals surface area contributed by atoms with E-state index < -0.39 is 0 Å². The van der Waals surface area contributed by atoms with Crippen molar-refractivity contribution in [2.75, 3.05) is 12.0 Å². The molecule has 2 aromatic carbocycles. The zero-order valence-corrected chi connectivity index (χ0v) is 12.9. The van der Waals surface area contributed by atoms with Crippen molar-refractivity contribution in [1.82, 2.24) is 0 Å². The van der Waals surface area contributed by atoms with Gasteiger partial charge in [-0.15, -0.1) is 0 Å². The Hall–Kier alpha value is -2.29. The van der Waals surface area contributed by atoms with Crippen LogP contribution in [0, 0.1) is 13.8 Å². The minimum absolute atomic E-state index is 0.755. The second-order valence-corrected chi connectivity index (χ2v) is 5.07. The summed E-state index contributed by atoms with van der Waals surface area (Å²) in [6.45, 7) is 7.01. The van der Waals surface area contributed by atoms with Crippen LogP contribution < -0.4 is 10.2 Å². The van der Waals surface area contributed by atoms with Crippen molar-refractivity contribution in [3.05, 3.63) is 59.2 Å². The first-order chi connectivity index (χ1) is 10.2. The number of para-hydroxylation sites is 1. The van der Waals surface area contributed by atoms with E-state index in [4.69, 9.17) is 4.74 Å². The van der Waals surface area contributed by atoms with Gasteiger partial charge in [0, 0.05) is 0 Å². The number of nitrogens with zero attached hydrogens (tertiary/aromatic N) is 1. The number of hydrogen-bond acceptors (Lipinski definition) is 3. The zero-order chi connectivity index (χ0) is 15.1. The van der Waals surface area contributed by atoms with Gasteiger partial charge in [0.1, 0.15) is 5.75 Å². The van der Waals surface area contributed by atoms with Crippen LogP contribution in [0.2, 0.25) is 0 Å². The van der Waals surface area contributed by atoms with Crippen molar-refractivity contribution in [2.45, 2.75) is 27.2 Å². The molecular weight excluding hydrogens is 260 g/mol. The smallest absolute Gasteiger partial charge is 0.125 e. The fraction of sp³-hybridized carbons (Fsp3) is 0.278. The number of rotatable bonds is 6. The molecule has 0 radical (unpaired) electrons. The predicted molar refractivity (Wildman–Crippen MR) is 89.4 cm³/mol. The molecular formula is C18H22N2O. The number of aryl methyl sites for hydroxylation is 2. The summed E-state index contributed by atoms with van der Waals surface area (Å²) in [4.78, 5) is 0. The molecule has 0 fully saturated rings. The molecule has 3 heteroatoms. The highest BCUT2D eigenvalue weighted by Gasteiger charge is 2.05. The molecule has 0 amide bonds. The Kier molecular flexibility index (Phi) is 5.38. The predicted octanol–water partition coefficient (Wildman–Crippen LogP) is 4.54. The maximum Gasteiger partial charge on any atom is 0.125 e. The molecule has 0 aliphatic rings. The Bertz CT molecular complexity index is 583. The number of anilines is 1. The summed E-state index contributed by atoms with van der Waals surface area (Å²) in [6, 6.07) is 14.1. The number of hydrogen-bond donors (Lipinski definition) is 1. The van der Waals surface area contributed by atoms with Gasteiger partial charge in [-0.3, -0.25) is 5.43 Å². The van der Waals surface area contributed by atoms with E-state index in [2.05, 4.69) is 43.4 Å². The minimum Gasteiger partial charge on any atom is -0.493 e.